The Morgan fingerprint density at radius 3 is 2.88 bits per heavy atom. The van der Waals surface area contributed by atoms with Crippen LogP contribution in [-0.4, -0.2) is 19.3 Å². The highest BCUT2D eigenvalue weighted by molar-refractivity contribution is 5.77. The fourth-order valence-electron chi connectivity index (χ4n) is 2.19. The van der Waals surface area contributed by atoms with E-state index in [9.17, 15) is 4.39 Å². The van der Waals surface area contributed by atoms with E-state index in [0.29, 0.717) is 0 Å². The molecule has 0 saturated carbocycles. The van der Waals surface area contributed by atoms with Crippen LogP contribution in [-0.2, 0) is 0 Å². The molecule has 2 nitrogen and oxygen atoms in total. The molecule has 1 heterocycles. The lowest BCUT2D eigenvalue weighted by Gasteiger charge is -2.22. The van der Waals surface area contributed by atoms with E-state index in [2.05, 4.69) is 5.32 Å². The van der Waals surface area contributed by atoms with Crippen molar-refractivity contribution in [1.29, 1.82) is 0 Å². The summed E-state index contributed by atoms with van der Waals surface area (Å²) in [6.07, 6.45) is 1.66. The molecule has 0 spiro atoms. The van der Waals surface area contributed by atoms with Gasteiger partial charge >= 0.3 is 0 Å². The smallest absolute Gasteiger partial charge is 0.133 e. The molecule has 1 N–H and O–H groups in total. The number of hydrogen-bond donors (Lipinski definition) is 1. The lowest BCUT2D eigenvalue weighted by atomic mass is 9.93. The molecule has 0 bridgehead atoms. The normalized spacial score (nSPS) is 15.0. The summed E-state index contributed by atoms with van der Waals surface area (Å²) in [5.74, 6) is -0.103. The maximum Gasteiger partial charge on any atom is 0.133 e. The first-order chi connectivity index (χ1) is 8.26. The van der Waals surface area contributed by atoms with Crippen LogP contribution in [0.3, 0.4) is 0 Å². The molecule has 17 heavy (non-hydrogen) atoms. The molecule has 0 aliphatic heterocycles. The molecule has 0 fully saturated rings. The molecular formula is C14H18FNO. The van der Waals surface area contributed by atoms with Gasteiger partial charge in [-0.15, -0.1) is 0 Å². The van der Waals surface area contributed by atoms with Gasteiger partial charge < -0.3 is 9.73 Å². The predicted molar refractivity (Wildman–Crippen MR) is 68.1 cm³/mol. The second-order valence-corrected chi connectivity index (χ2v) is 4.33. The summed E-state index contributed by atoms with van der Waals surface area (Å²) in [4.78, 5) is 0. The average molecular weight is 235 g/mol. The number of benzene rings is 1. The van der Waals surface area contributed by atoms with E-state index in [1.54, 1.807) is 6.26 Å². The van der Waals surface area contributed by atoms with Crippen molar-refractivity contribution >= 4 is 11.0 Å². The van der Waals surface area contributed by atoms with Crippen LogP contribution in [0.1, 0.15) is 25.3 Å². The third kappa shape index (κ3) is 2.50. The van der Waals surface area contributed by atoms with E-state index in [4.69, 9.17) is 4.42 Å². The molecule has 2 atom stereocenters. The summed E-state index contributed by atoms with van der Waals surface area (Å²) in [6, 6.07) is 7.91. The maximum absolute atomic E-state index is 13.2. The Bertz CT molecular complexity index is 480. The minimum absolute atomic E-state index is 0.103. The fraction of sp³-hybridized carbons (Fsp3) is 0.429. The first-order valence-electron chi connectivity index (χ1n) is 6.02. The van der Waals surface area contributed by atoms with Gasteiger partial charge in [0.15, 0.2) is 0 Å². The molecule has 92 valence electrons. The van der Waals surface area contributed by atoms with Crippen molar-refractivity contribution in [3.05, 3.63) is 36.1 Å². The van der Waals surface area contributed by atoms with Gasteiger partial charge in [-0.05, 0) is 37.2 Å². The summed E-state index contributed by atoms with van der Waals surface area (Å²) in [5.41, 5.74) is 1.87. The molecule has 1 aromatic carbocycles. The van der Waals surface area contributed by atoms with E-state index >= 15 is 0 Å². The maximum atomic E-state index is 13.2. The highest BCUT2D eigenvalue weighted by atomic mass is 19.1. The topological polar surface area (TPSA) is 25.2 Å². The van der Waals surface area contributed by atoms with Crippen LogP contribution >= 0.6 is 0 Å². The van der Waals surface area contributed by atoms with Crippen LogP contribution in [0.15, 0.2) is 34.9 Å². The quantitative estimate of drug-likeness (QED) is 0.858. The number of rotatable bonds is 5. The standard InChI is InChI=1S/C14H18FNO/c1-3-16-10(2)13(9-15)11-4-5-14-12(8-11)6-7-17-14/h4-8,10,13,16H,3,9H2,1-2H3. The van der Waals surface area contributed by atoms with Crippen molar-refractivity contribution in [2.75, 3.05) is 13.2 Å². The number of furan rings is 1. The number of alkyl halides is 1. The van der Waals surface area contributed by atoms with Crippen LogP contribution in [0.25, 0.3) is 11.0 Å². The van der Waals surface area contributed by atoms with E-state index < -0.39 is 0 Å². The Morgan fingerprint density at radius 2 is 2.18 bits per heavy atom. The molecule has 0 aliphatic rings. The van der Waals surface area contributed by atoms with Gasteiger partial charge in [-0.1, -0.05) is 13.0 Å². The Balaban J connectivity index is 2.28. The van der Waals surface area contributed by atoms with Gasteiger partial charge in [0.1, 0.15) is 5.58 Å². The highest BCUT2D eigenvalue weighted by Gasteiger charge is 2.18. The Labute approximate surface area is 101 Å². The molecular weight excluding hydrogens is 217 g/mol. The third-order valence-corrected chi connectivity index (χ3v) is 3.20. The molecule has 0 amide bonds. The molecule has 2 rings (SSSR count). The minimum atomic E-state index is -0.350. The van der Waals surface area contributed by atoms with E-state index in [0.717, 1.165) is 23.1 Å². The molecule has 1 aromatic heterocycles. The molecule has 0 aliphatic carbocycles. The highest BCUT2D eigenvalue weighted by Crippen LogP contribution is 2.25. The summed E-state index contributed by atoms with van der Waals surface area (Å²) >= 11 is 0. The Morgan fingerprint density at radius 1 is 1.35 bits per heavy atom. The Hall–Kier alpha value is -1.35. The number of likely N-dealkylation sites (N-methyl/N-ethyl adjacent to an activating group) is 1. The van der Waals surface area contributed by atoms with Crippen molar-refractivity contribution in [2.24, 2.45) is 0 Å². The number of hydrogen-bond acceptors (Lipinski definition) is 2. The first-order valence-corrected chi connectivity index (χ1v) is 6.02. The monoisotopic (exact) mass is 235 g/mol. The SMILES string of the molecule is CCNC(C)C(CF)c1ccc2occc2c1. The second-order valence-electron chi connectivity index (χ2n) is 4.33. The van der Waals surface area contributed by atoms with Crippen molar-refractivity contribution in [3.8, 4) is 0 Å². The third-order valence-electron chi connectivity index (χ3n) is 3.20. The number of fused-ring (bicyclic) bond motifs is 1. The molecule has 3 heteroatoms. The van der Waals surface area contributed by atoms with Gasteiger partial charge in [-0.2, -0.15) is 0 Å². The van der Waals surface area contributed by atoms with Gasteiger partial charge in [0.2, 0.25) is 0 Å². The molecule has 2 unspecified atom stereocenters. The van der Waals surface area contributed by atoms with Gasteiger partial charge in [0.05, 0.1) is 12.9 Å². The van der Waals surface area contributed by atoms with Crippen LogP contribution in [0, 0.1) is 0 Å². The van der Waals surface area contributed by atoms with Gasteiger partial charge in [0.25, 0.3) is 0 Å². The largest absolute Gasteiger partial charge is 0.464 e. The van der Waals surface area contributed by atoms with Crippen LogP contribution in [0.4, 0.5) is 4.39 Å². The van der Waals surface area contributed by atoms with Crippen molar-refractivity contribution in [2.45, 2.75) is 25.8 Å². The van der Waals surface area contributed by atoms with Gasteiger partial charge in [-0.25, -0.2) is 0 Å². The van der Waals surface area contributed by atoms with Crippen molar-refractivity contribution < 1.29 is 8.81 Å². The first kappa shape index (κ1) is 12.1. The van der Waals surface area contributed by atoms with Crippen LogP contribution in [0.2, 0.25) is 0 Å². The lowest BCUT2D eigenvalue weighted by Crippen LogP contribution is -2.33. The summed E-state index contributed by atoms with van der Waals surface area (Å²) in [6.45, 7) is 4.56. The molecule has 0 saturated heterocycles. The fourth-order valence-corrected chi connectivity index (χ4v) is 2.19. The molecule has 2 aromatic rings. The predicted octanol–water partition coefficient (Wildman–Crippen LogP) is 3.48. The van der Waals surface area contributed by atoms with E-state index in [-0.39, 0.29) is 18.6 Å². The molecule has 0 radical (unpaired) electrons. The average Bonchev–Trinajstić information content (AvgIpc) is 2.77. The zero-order chi connectivity index (χ0) is 12.3. The second kappa shape index (κ2) is 5.32. The van der Waals surface area contributed by atoms with Crippen molar-refractivity contribution in [3.63, 3.8) is 0 Å². The summed E-state index contributed by atoms with van der Waals surface area (Å²) < 4.78 is 18.5. The minimum Gasteiger partial charge on any atom is -0.464 e. The number of nitrogens with one attached hydrogen (secondary N) is 1. The lowest BCUT2D eigenvalue weighted by molar-refractivity contribution is 0.364. The zero-order valence-electron chi connectivity index (χ0n) is 10.2. The van der Waals surface area contributed by atoms with Crippen molar-refractivity contribution in [1.82, 2.24) is 5.32 Å². The summed E-state index contributed by atoms with van der Waals surface area (Å²) in [5, 5.41) is 4.31. The summed E-state index contributed by atoms with van der Waals surface area (Å²) in [7, 11) is 0. The zero-order valence-corrected chi connectivity index (χ0v) is 10.2. The van der Waals surface area contributed by atoms with Gasteiger partial charge in [0, 0.05) is 17.3 Å². The van der Waals surface area contributed by atoms with Crippen LogP contribution < -0.4 is 5.32 Å². The Kier molecular flexibility index (Phi) is 3.79. The number of halogens is 1. The van der Waals surface area contributed by atoms with E-state index in [1.807, 2.05) is 38.1 Å². The van der Waals surface area contributed by atoms with E-state index in [1.165, 1.54) is 0 Å². The van der Waals surface area contributed by atoms with Gasteiger partial charge in [-0.3, -0.25) is 4.39 Å². The van der Waals surface area contributed by atoms with Crippen LogP contribution in [0.5, 0.6) is 0 Å².